The van der Waals surface area contributed by atoms with E-state index in [0.717, 1.165) is 12.1 Å². The number of aromatic nitrogens is 2. The third-order valence-electron chi connectivity index (χ3n) is 3.98. The monoisotopic (exact) mass is 404 g/mol. The molecule has 3 heterocycles. The van der Waals surface area contributed by atoms with Gasteiger partial charge in [0.1, 0.15) is 23.4 Å². The van der Waals surface area contributed by atoms with Crippen LogP contribution in [0.3, 0.4) is 0 Å². The number of thiophene rings is 1. The van der Waals surface area contributed by atoms with Gasteiger partial charge in [0.15, 0.2) is 5.76 Å². The molecule has 0 saturated carbocycles. The topological polar surface area (TPSA) is 59.2 Å². The maximum absolute atomic E-state index is 14.4. The lowest BCUT2D eigenvalue weighted by atomic mass is 9.96. The van der Waals surface area contributed by atoms with Crippen LogP contribution < -0.4 is 0 Å². The first kappa shape index (κ1) is 17.8. The fourth-order valence-corrected chi connectivity index (χ4v) is 3.78. The van der Waals surface area contributed by atoms with Crippen LogP contribution in [0.5, 0.6) is 0 Å². The minimum absolute atomic E-state index is 0.0204. The Bertz CT molecular complexity index is 1100. The SMILES string of the molecule is OC(c1cccnc1)c1c(-c2ccc(F)cc2F)noc1-c1ccc(Cl)s1. The second-order valence-corrected chi connectivity index (χ2v) is 7.41. The summed E-state index contributed by atoms with van der Waals surface area (Å²) >= 11 is 7.24. The van der Waals surface area contributed by atoms with Gasteiger partial charge in [-0.3, -0.25) is 4.98 Å². The van der Waals surface area contributed by atoms with Crippen LogP contribution in [-0.2, 0) is 0 Å². The summed E-state index contributed by atoms with van der Waals surface area (Å²) in [5, 5.41) is 14.9. The van der Waals surface area contributed by atoms with Crippen molar-refractivity contribution in [3.8, 4) is 21.9 Å². The molecule has 4 aromatic rings. The summed E-state index contributed by atoms with van der Waals surface area (Å²) in [6, 6.07) is 9.89. The van der Waals surface area contributed by atoms with Crippen molar-refractivity contribution in [2.75, 3.05) is 0 Å². The molecule has 4 nitrogen and oxygen atoms in total. The van der Waals surface area contributed by atoms with E-state index in [1.807, 2.05) is 0 Å². The first-order valence-corrected chi connectivity index (χ1v) is 9.02. The molecule has 0 saturated heterocycles. The Hall–Kier alpha value is -2.61. The number of hydrogen-bond donors (Lipinski definition) is 1. The van der Waals surface area contributed by atoms with E-state index in [1.165, 1.54) is 23.6 Å². The minimum atomic E-state index is -1.18. The summed E-state index contributed by atoms with van der Waals surface area (Å²) < 4.78 is 33.6. The zero-order valence-electron chi connectivity index (χ0n) is 13.6. The molecule has 136 valence electrons. The van der Waals surface area contributed by atoms with E-state index in [4.69, 9.17) is 16.1 Å². The largest absolute Gasteiger partial charge is 0.383 e. The first-order chi connectivity index (χ1) is 13.0. The van der Waals surface area contributed by atoms with E-state index < -0.39 is 17.7 Å². The van der Waals surface area contributed by atoms with E-state index >= 15 is 0 Å². The summed E-state index contributed by atoms with van der Waals surface area (Å²) in [5.74, 6) is -1.25. The Morgan fingerprint density at radius 1 is 1.15 bits per heavy atom. The third-order valence-corrected chi connectivity index (χ3v) is 5.21. The molecule has 0 amide bonds. The first-order valence-electron chi connectivity index (χ1n) is 7.83. The smallest absolute Gasteiger partial charge is 0.183 e. The average Bonchev–Trinajstić information content (AvgIpc) is 3.28. The van der Waals surface area contributed by atoms with Gasteiger partial charge in [0.05, 0.1) is 14.8 Å². The van der Waals surface area contributed by atoms with Gasteiger partial charge in [-0.25, -0.2) is 8.78 Å². The van der Waals surface area contributed by atoms with Crippen LogP contribution in [0.25, 0.3) is 21.9 Å². The van der Waals surface area contributed by atoms with E-state index in [-0.39, 0.29) is 22.6 Å². The molecule has 0 fully saturated rings. The number of nitrogens with zero attached hydrogens (tertiary/aromatic N) is 2. The minimum Gasteiger partial charge on any atom is -0.383 e. The highest BCUT2D eigenvalue weighted by molar-refractivity contribution is 7.19. The quantitative estimate of drug-likeness (QED) is 0.489. The van der Waals surface area contributed by atoms with E-state index in [1.54, 1.807) is 30.5 Å². The lowest BCUT2D eigenvalue weighted by Crippen LogP contribution is -2.03. The van der Waals surface area contributed by atoms with Gasteiger partial charge in [-0.1, -0.05) is 22.8 Å². The molecule has 0 aliphatic rings. The Morgan fingerprint density at radius 3 is 2.67 bits per heavy atom. The molecule has 0 aliphatic carbocycles. The Morgan fingerprint density at radius 2 is 2.00 bits per heavy atom. The molecule has 0 radical (unpaired) electrons. The van der Waals surface area contributed by atoms with Crippen molar-refractivity contribution in [3.63, 3.8) is 0 Å². The Labute approximate surface area is 161 Å². The summed E-state index contributed by atoms with van der Waals surface area (Å²) in [4.78, 5) is 4.62. The standard InChI is InChI=1S/C19H11ClF2N2O2S/c20-15-6-5-14(27-15)19-16(18(25)10-2-1-7-23-9-10)17(24-26-19)12-4-3-11(21)8-13(12)22/h1-9,18,25H. The van der Waals surface area contributed by atoms with Crippen molar-refractivity contribution in [2.24, 2.45) is 0 Å². The van der Waals surface area contributed by atoms with Crippen molar-refractivity contribution in [1.29, 1.82) is 0 Å². The van der Waals surface area contributed by atoms with Crippen LogP contribution in [0.15, 0.2) is 59.4 Å². The number of aliphatic hydroxyl groups is 1. The summed E-state index contributed by atoms with van der Waals surface area (Å²) in [6.07, 6.45) is 1.89. The molecule has 1 unspecified atom stereocenters. The van der Waals surface area contributed by atoms with E-state index in [9.17, 15) is 13.9 Å². The second kappa shape index (κ2) is 7.19. The molecule has 27 heavy (non-hydrogen) atoms. The van der Waals surface area contributed by atoms with Crippen molar-refractivity contribution in [1.82, 2.24) is 10.1 Å². The molecular formula is C19H11ClF2N2O2S. The lowest BCUT2D eigenvalue weighted by Gasteiger charge is -2.12. The van der Waals surface area contributed by atoms with Gasteiger partial charge in [0.25, 0.3) is 0 Å². The van der Waals surface area contributed by atoms with Crippen LogP contribution in [0.4, 0.5) is 8.78 Å². The van der Waals surface area contributed by atoms with E-state index in [0.29, 0.717) is 14.8 Å². The molecule has 1 aromatic carbocycles. The third kappa shape index (κ3) is 3.37. The number of aliphatic hydroxyl groups excluding tert-OH is 1. The molecule has 0 bridgehead atoms. The van der Waals surface area contributed by atoms with Crippen LogP contribution in [0.2, 0.25) is 4.34 Å². The van der Waals surface area contributed by atoms with Crippen LogP contribution in [0, 0.1) is 11.6 Å². The number of hydrogen-bond acceptors (Lipinski definition) is 5. The maximum Gasteiger partial charge on any atom is 0.183 e. The summed E-state index contributed by atoms with van der Waals surface area (Å²) in [6.45, 7) is 0. The average molecular weight is 405 g/mol. The van der Waals surface area contributed by atoms with Gasteiger partial charge in [-0.05, 0) is 30.3 Å². The van der Waals surface area contributed by atoms with Gasteiger partial charge in [-0.2, -0.15) is 0 Å². The highest BCUT2D eigenvalue weighted by Crippen LogP contribution is 2.42. The van der Waals surface area contributed by atoms with Gasteiger partial charge < -0.3 is 9.63 Å². The summed E-state index contributed by atoms with van der Waals surface area (Å²) in [7, 11) is 0. The predicted molar refractivity (Wildman–Crippen MR) is 98.5 cm³/mol. The van der Waals surface area contributed by atoms with Crippen molar-refractivity contribution < 1.29 is 18.4 Å². The van der Waals surface area contributed by atoms with Crippen LogP contribution in [-0.4, -0.2) is 15.2 Å². The predicted octanol–water partition coefficient (Wildman–Crippen LogP) is 5.48. The number of halogens is 3. The van der Waals surface area contributed by atoms with E-state index in [2.05, 4.69) is 10.1 Å². The fourth-order valence-electron chi connectivity index (χ4n) is 2.75. The number of pyridine rings is 1. The van der Waals surface area contributed by atoms with Crippen LogP contribution >= 0.6 is 22.9 Å². The highest BCUT2D eigenvalue weighted by Gasteiger charge is 2.28. The molecule has 4 rings (SSSR count). The molecule has 1 atom stereocenters. The number of benzene rings is 1. The zero-order chi connectivity index (χ0) is 19.0. The van der Waals surface area contributed by atoms with Crippen molar-refractivity contribution in [2.45, 2.75) is 6.10 Å². The van der Waals surface area contributed by atoms with Gasteiger partial charge in [0.2, 0.25) is 0 Å². The van der Waals surface area contributed by atoms with Gasteiger partial charge >= 0.3 is 0 Å². The molecular weight excluding hydrogens is 394 g/mol. The second-order valence-electron chi connectivity index (χ2n) is 5.69. The van der Waals surface area contributed by atoms with Gasteiger partial charge in [-0.15, -0.1) is 11.3 Å². The molecule has 3 aromatic heterocycles. The van der Waals surface area contributed by atoms with Crippen molar-refractivity contribution in [3.05, 3.63) is 82.0 Å². The fraction of sp³-hybridized carbons (Fsp3) is 0.0526. The molecule has 8 heteroatoms. The Balaban J connectivity index is 1.93. The molecule has 0 aliphatic heterocycles. The van der Waals surface area contributed by atoms with Crippen molar-refractivity contribution >= 4 is 22.9 Å². The zero-order valence-corrected chi connectivity index (χ0v) is 15.1. The highest BCUT2D eigenvalue weighted by atomic mass is 35.5. The number of rotatable bonds is 4. The molecule has 1 N–H and O–H groups in total. The normalized spacial score (nSPS) is 12.3. The Kier molecular flexibility index (Phi) is 4.73. The van der Waals surface area contributed by atoms with Crippen LogP contribution in [0.1, 0.15) is 17.2 Å². The maximum atomic E-state index is 14.4. The summed E-state index contributed by atoms with van der Waals surface area (Å²) in [5.41, 5.74) is 0.843. The van der Waals surface area contributed by atoms with Gasteiger partial charge in [0, 0.05) is 29.6 Å². The molecule has 0 spiro atoms. The lowest BCUT2D eigenvalue weighted by molar-refractivity contribution is 0.220.